The van der Waals surface area contributed by atoms with Gasteiger partial charge in [-0.3, -0.25) is 4.79 Å². The molecule has 1 atom stereocenters. The Morgan fingerprint density at radius 1 is 1.00 bits per heavy atom. The number of rotatable bonds is 9. The van der Waals surface area contributed by atoms with Gasteiger partial charge in [-0.1, -0.05) is 6.58 Å². The summed E-state index contributed by atoms with van der Waals surface area (Å²) in [5.74, 6) is 0.682. The minimum atomic E-state index is -0.218. The maximum Gasteiger partial charge on any atom is 0.333 e. The molecule has 1 unspecified atom stereocenters. The minimum Gasteiger partial charge on any atom is -0.466 e. The van der Waals surface area contributed by atoms with E-state index < -0.39 is 0 Å². The molecule has 0 radical (unpaired) electrons. The van der Waals surface area contributed by atoms with Crippen LogP contribution in [0.4, 0.5) is 0 Å². The lowest BCUT2D eigenvalue weighted by atomic mass is 10.1. The molecule has 132 valence electrons. The van der Waals surface area contributed by atoms with Crippen LogP contribution < -0.4 is 0 Å². The summed E-state index contributed by atoms with van der Waals surface area (Å²) in [6.45, 7) is 10.8. The molecule has 0 aromatic carbocycles. The summed E-state index contributed by atoms with van der Waals surface area (Å²) in [5.41, 5.74) is 0.654. The number of carbonyl (C=O) groups is 2. The van der Waals surface area contributed by atoms with Crippen LogP contribution >= 0.6 is 0 Å². The Morgan fingerprint density at radius 2 is 1.61 bits per heavy atom. The standard InChI is InChI=1S/C10H18O3.C8H12O2/c1-3-12-9(8-5-6-8)7-10(11)13-4-2;1-3-10-8(9)6(2)7-4-5-7/h8-9H,3-7H2,1-2H3;7H,2-5H2,1H3. The van der Waals surface area contributed by atoms with Gasteiger partial charge < -0.3 is 14.2 Å². The first-order chi connectivity index (χ1) is 11.0. The molecule has 0 aromatic rings. The monoisotopic (exact) mass is 326 g/mol. The van der Waals surface area contributed by atoms with Crippen LogP contribution in [0.15, 0.2) is 12.2 Å². The van der Waals surface area contributed by atoms with E-state index in [4.69, 9.17) is 14.2 Å². The zero-order valence-electron chi connectivity index (χ0n) is 14.6. The predicted octanol–water partition coefficient (Wildman–Crippen LogP) is 3.27. The Labute approximate surface area is 139 Å². The van der Waals surface area contributed by atoms with E-state index in [-0.39, 0.29) is 18.0 Å². The molecule has 0 heterocycles. The van der Waals surface area contributed by atoms with Crippen LogP contribution in [0.3, 0.4) is 0 Å². The van der Waals surface area contributed by atoms with Gasteiger partial charge in [-0.2, -0.15) is 0 Å². The van der Waals surface area contributed by atoms with Crippen LogP contribution in [0, 0.1) is 11.8 Å². The average molecular weight is 326 g/mol. The Morgan fingerprint density at radius 3 is 2.04 bits per heavy atom. The summed E-state index contributed by atoms with van der Waals surface area (Å²) >= 11 is 0. The van der Waals surface area contributed by atoms with Crippen molar-refractivity contribution >= 4 is 11.9 Å². The van der Waals surface area contributed by atoms with Crippen molar-refractivity contribution in [3.05, 3.63) is 12.2 Å². The van der Waals surface area contributed by atoms with Gasteiger partial charge in [0, 0.05) is 12.2 Å². The molecule has 0 saturated heterocycles. The molecule has 0 aliphatic heterocycles. The van der Waals surface area contributed by atoms with E-state index >= 15 is 0 Å². The highest BCUT2D eigenvalue weighted by molar-refractivity contribution is 5.88. The lowest BCUT2D eigenvalue weighted by Gasteiger charge is -2.14. The van der Waals surface area contributed by atoms with Gasteiger partial charge in [0.25, 0.3) is 0 Å². The van der Waals surface area contributed by atoms with E-state index in [1.165, 1.54) is 12.8 Å². The van der Waals surface area contributed by atoms with Gasteiger partial charge in [0.15, 0.2) is 0 Å². The van der Waals surface area contributed by atoms with Crippen molar-refractivity contribution < 1.29 is 23.8 Å². The van der Waals surface area contributed by atoms with Crippen molar-refractivity contribution in [2.45, 2.75) is 59.0 Å². The summed E-state index contributed by atoms with van der Waals surface area (Å²) in [7, 11) is 0. The topological polar surface area (TPSA) is 61.8 Å². The fraction of sp³-hybridized carbons (Fsp3) is 0.778. The van der Waals surface area contributed by atoms with Gasteiger partial charge in [-0.15, -0.1) is 0 Å². The first-order valence-corrected chi connectivity index (χ1v) is 8.66. The Balaban J connectivity index is 0.000000238. The fourth-order valence-electron chi connectivity index (χ4n) is 2.25. The first-order valence-electron chi connectivity index (χ1n) is 8.66. The quantitative estimate of drug-likeness (QED) is 0.481. The van der Waals surface area contributed by atoms with Gasteiger partial charge in [0.2, 0.25) is 0 Å². The highest BCUT2D eigenvalue weighted by atomic mass is 16.5. The smallest absolute Gasteiger partial charge is 0.333 e. The van der Waals surface area contributed by atoms with E-state index in [1.807, 2.05) is 13.8 Å². The molecule has 0 bridgehead atoms. The van der Waals surface area contributed by atoms with Crippen molar-refractivity contribution in [2.24, 2.45) is 11.8 Å². The van der Waals surface area contributed by atoms with Crippen LogP contribution in [0.2, 0.25) is 0 Å². The molecular formula is C18H30O5. The zero-order chi connectivity index (χ0) is 17.2. The third kappa shape index (κ3) is 8.16. The lowest BCUT2D eigenvalue weighted by Crippen LogP contribution is -2.21. The average Bonchev–Trinajstić information content (AvgIpc) is 3.41. The maximum absolute atomic E-state index is 11.2. The molecule has 5 heteroatoms. The molecule has 2 rings (SSSR count). The van der Waals surface area contributed by atoms with Gasteiger partial charge in [-0.25, -0.2) is 4.79 Å². The van der Waals surface area contributed by atoms with E-state index in [0.29, 0.717) is 43.7 Å². The Hall–Kier alpha value is -1.36. The zero-order valence-corrected chi connectivity index (χ0v) is 14.6. The molecule has 5 nitrogen and oxygen atoms in total. The number of hydrogen-bond donors (Lipinski definition) is 0. The lowest BCUT2D eigenvalue weighted by molar-refractivity contribution is -0.146. The second-order valence-corrected chi connectivity index (χ2v) is 5.86. The second kappa shape index (κ2) is 10.4. The number of carbonyl (C=O) groups excluding carboxylic acids is 2. The highest BCUT2D eigenvalue weighted by Gasteiger charge is 2.33. The summed E-state index contributed by atoms with van der Waals surface area (Å²) in [5, 5.41) is 0. The van der Waals surface area contributed by atoms with Crippen LogP contribution in [0.1, 0.15) is 52.9 Å². The molecule has 0 N–H and O–H groups in total. The molecular weight excluding hydrogens is 296 g/mol. The SMILES string of the molecule is C=C(C(=O)OCC)C1CC1.CCOC(=O)CC(OCC)C1CC1. The maximum atomic E-state index is 11.2. The molecule has 0 amide bonds. The number of esters is 2. The molecule has 2 saturated carbocycles. The molecule has 23 heavy (non-hydrogen) atoms. The summed E-state index contributed by atoms with van der Waals surface area (Å²) in [4.78, 5) is 22.1. The fourth-order valence-corrected chi connectivity index (χ4v) is 2.25. The van der Waals surface area contributed by atoms with Crippen molar-refractivity contribution in [2.75, 3.05) is 19.8 Å². The van der Waals surface area contributed by atoms with Gasteiger partial charge in [0.1, 0.15) is 0 Å². The Kier molecular flexibility index (Phi) is 8.92. The van der Waals surface area contributed by atoms with E-state index in [0.717, 1.165) is 12.8 Å². The third-order valence-electron chi connectivity index (χ3n) is 3.81. The van der Waals surface area contributed by atoms with Crippen LogP contribution in [-0.2, 0) is 23.8 Å². The van der Waals surface area contributed by atoms with E-state index in [9.17, 15) is 9.59 Å². The summed E-state index contributed by atoms with van der Waals surface area (Å²) in [6, 6.07) is 0. The van der Waals surface area contributed by atoms with Crippen molar-refractivity contribution in [3.63, 3.8) is 0 Å². The van der Waals surface area contributed by atoms with Gasteiger partial charge in [-0.05, 0) is 58.3 Å². The van der Waals surface area contributed by atoms with Crippen molar-refractivity contribution in [1.82, 2.24) is 0 Å². The van der Waals surface area contributed by atoms with Crippen LogP contribution in [0.25, 0.3) is 0 Å². The highest BCUT2D eigenvalue weighted by Crippen LogP contribution is 2.36. The number of ether oxygens (including phenoxy) is 3. The molecule has 0 aromatic heterocycles. The normalized spacial score (nSPS) is 17.5. The largest absolute Gasteiger partial charge is 0.466 e. The molecule has 0 spiro atoms. The molecule has 2 aliphatic carbocycles. The number of hydrogen-bond acceptors (Lipinski definition) is 5. The molecule has 2 aliphatic rings. The van der Waals surface area contributed by atoms with Crippen LogP contribution in [0.5, 0.6) is 0 Å². The van der Waals surface area contributed by atoms with Crippen LogP contribution in [-0.4, -0.2) is 37.9 Å². The summed E-state index contributed by atoms with van der Waals surface area (Å²) < 4.78 is 15.1. The van der Waals surface area contributed by atoms with Gasteiger partial charge in [0.05, 0.1) is 25.7 Å². The Bertz CT molecular complexity index is 396. The first kappa shape index (κ1) is 19.7. The summed E-state index contributed by atoms with van der Waals surface area (Å²) in [6.07, 6.45) is 5.14. The molecule has 2 fully saturated rings. The third-order valence-corrected chi connectivity index (χ3v) is 3.81. The van der Waals surface area contributed by atoms with E-state index in [2.05, 4.69) is 6.58 Å². The van der Waals surface area contributed by atoms with Gasteiger partial charge >= 0.3 is 11.9 Å². The van der Waals surface area contributed by atoms with E-state index in [1.54, 1.807) is 6.92 Å². The predicted molar refractivity (Wildman–Crippen MR) is 87.9 cm³/mol. The second-order valence-electron chi connectivity index (χ2n) is 5.86. The van der Waals surface area contributed by atoms with Crippen molar-refractivity contribution in [1.29, 1.82) is 0 Å². The minimum absolute atomic E-state index is 0.101. The van der Waals surface area contributed by atoms with Crippen molar-refractivity contribution in [3.8, 4) is 0 Å².